The molecule has 3 heteroatoms. The van der Waals surface area contributed by atoms with Crippen LogP contribution in [0.3, 0.4) is 0 Å². The molecular weight excluding hydrogens is 242 g/mol. The van der Waals surface area contributed by atoms with E-state index in [1.54, 1.807) is 0 Å². The quantitative estimate of drug-likeness (QED) is 0.906. The van der Waals surface area contributed by atoms with Gasteiger partial charge in [0.15, 0.2) is 0 Å². The van der Waals surface area contributed by atoms with Crippen LogP contribution in [0.15, 0.2) is 29.2 Å². The van der Waals surface area contributed by atoms with Crippen LogP contribution in [0.5, 0.6) is 0 Å². The third-order valence-electron chi connectivity index (χ3n) is 4.07. The number of nitrogens with one attached hydrogen (secondary N) is 1. The lowest BCUT2D eigenvalue weighted by Gasteiger charge is -2.30. The van der Waals surface area contributed by atoms with Gasteiger partial charge in [-0.25, -0.2) is 0 Å². The average Bonchev–Trinajstić information content (AvgIpc) is 2.81. The summed E-state index contributed by atoms with van der Waals surface area (Å²) < 4.78 is 6.16. The lowest BCUT2D eigenvalue weighted by molar-refractivity contribution is -0.000782. The van der Waals surface area contributed by atoms with Crippen LogP contribution in [-0.4, -0.2) is 31.6 Å². The summed E-state index contributed by atoms with van der Waals surface area (Å²) in [6.45, 7) is 5.34. The first kappa shape index (κ1) is 12.5. The van der Waals surface area contributed by atoms with E-state index in [1.165, 1.54) is 22.6 Å². The van der Waals surface area contributed by atoms with Crippen molar-refractivity contribution in [3.63, 3.8) is 0 Å². The highest BCUT2D eigenvalue weighted by Gasteiger charge is 2.26. The van der Waals surface area contributed by atoms with E-state index in [0.717, 1.165) is 19.7 Å². The molecule has 3 atom stereocenters. The smallest absolute Gasteiger partial charge is 0.0725 e. The first-order valence-electron chi connectivity index (χ1n) is 6.88. The number of piperidine rings is 1. The van der Waals surface area contributed by atoms with Crippen molar-refractivity contribution in [2.45, 2.75) is 30.3 Å². The fourth-order valence-corrected chi connectivity index (χ4v) is 4.02. The summed E-state index contributed by atoms with van der Waals surface area (Å²) in [7, 11) is 0. The molecule has 2 aliphatic rings. The predicted molar refractivity (Wildman–Crippen MR) is 76.3 cm³/mol. The summed E-state index contributed by atoms with van der Waals surface area (Å²) >= 11 is 1.97. The van der Waals surface area contributed by atoms with Crippen molar-refractivity contribution in [1.82, 2.24) is 5.32 Å². The molecule has 18 heavy (non-hydrogen) atoms. The van der Waals surface area contributed by atoms with Crippen molar-refractivity contribution in [2.24, 2.45) is 5.92 Å². The van der Waals surface area contributed by atoms with Crippen LogP contribution in [0.2, 0.25) is 0 Å². The first-order chi connectivity index (χ1) is 8.84. The van der Waals surface area contributed by atoms with E-state index in [-0.39, 0.29) is 0 Å². The minimum Gasteiger partial charge on any atom is -0.376 e. The van der Waals surface area contributed by atoms with Gasteiger partial charge in [-0.05, 0) is 30.5 Å². The minimum absolute atomic E-state index is 0.400. The second kappa shape index (κ2) is 5.64. The fourth-order valence-electron chi connectivity index (χ4n) is 2.79. The zero-order valence-corrected chi connectivity index (χ0v) is 11.7. The van der Waals surface area contributed by atoms with E-state index in [2.05, 4.69) is 36.5 Å². The standard InChI is InChI=1S/C15H21NOS/c1-11-6-7-16-8-14(11)17-9-12-10-18-15-5-3-2-4-13(12)15/h2-5,11-12,14,16H,6-10H2,1H3. The summed E-state index contributed by atoms with van der Waals surface area (Å²) in [4.78, 5) is 1.45. The molecule has 2 heterocycles. The highest BCUT2D eigenvalue weighted by atomic mass is 32.2. The SMILES string of the molecule is CC1CCNCC1OCC1CSc2ccccc21. The zero-order chi connectivity index (χ0) is 12.4. The van der Waals surface area contributed by atoms with Gasteiger partial charge in [-0.2, -0.15) is 0 Å². The molecule has 0 aromatic heterocycles. The Morgan fingerprint density at radius 3 is 3.17 bits per heavy atom. The van der Waals surface area contributed by atoms with E-state index in [4.69, 9.17) is 4.74 Å². The number of rotatable bonds is 3. The van der Waals surface area contributed by atoms with Gasteiger partial charge in [0.25, 0.3) is 0 Å². The molecule has 0 amide bonds. The summed E-state index contributed by atoms with van der Waals surface area (Å²) in [6.07, 6.45) is 1.64. The Balaban J connectivity index is 1.58. The van der Waals surface area contributed by atoms with Crippen LogP contribution in [0, 0.1) is 5.92 Å². The molecule has 0 spiro atoms. The van der Waals surface area contributed by atoms with Crippen molar-refractivity contribution in [1.29, 1.82) is 0 Å². The molecule has 1 aromatic rings. The Labute approximate surface area is 113 Å². The van der Waals surface area contributed by atoms with Crippen molar-refractivity contribution in [2.75, 3.05) is 25.4 Å². The van der Waals surface area contributed by atoms with Crippen molar-refractivity contribution in [3.8, 4) is 0 Å². The molecule has 0 bridgehead atoms. The Morgan fingerprint density at radius 1 is 1.39 bits per heavy atom. The van der Waals surface area contributed by atoms with E-state index < -0.39 is 0 Å². The third-order valence-corrected chi connectivity index (χ3v) is 5.32. The van der Waals surface area contributed by atoms with E-state index in [1.807, 2.05) is 11.8 Å². The monoisotopic (exact) mass is 263 g/mol. The second-order valence-corrected chi connectivity index (χ2v) is 6.45. The van der Waals surface area contributed by atoms with Crippen LogP contribution >= 0.6 is 11.8 Å². The van der Waals surface area contributed by atoms with E-state index in [0.29, 0.717) is 17.9 Å². The van der Waals surface area contributed by atoms with Gasteiger partial charge >= 0.3 is 0 Å². The zero-order valence-electron chi connectivity index (χ0n) is 10.9. The largest absolute Gasteiger partial charge is 0.376 e. The highest BCUT2D eigenvalue weighted by molar-refractivity contribution is 7.99. The minimum atomic E-state index is 0.400. The van der Waals surface area contributed by atoms with E-state index >= 15 is 0 Å². The summed E-state index contributed by atoms with van der Waals surface area (Å²) in [5.41, 5.74) is 1.49. The lowest BCUT2D eigenvalue weighted by Crippen LogP contribution is -2.41. The maximum Gasteiger partial charge on any atom is 0.0725 e. The number of benzene rings is 1. The van der Waals surface area contributed by atoms with E-state index in [9.17, 15) is 0 Å². The Bertz CT molecular complexity index is 409. The molecule has 1 N–H and O–H groups in total. The van der Waals surface area contributed by atoms with Gasteiger partial charge in [0.1, 0.15) is 0 Å². The van der Waals surface area contributed by atoms with Gasteiger partial charge < -0.3 is 10.1 Å². The van der Waals surface area contributed by atoms with Crippen molar-refractivity contribution < 1.29 is 4.74 Å². The van der Waals surface area contributed by atoms with Gasteiger partial charge in [-0.15, -0.1) is 11.8 Å². The van der Waals surface area contributed by atoms with Crippen LogP contribution in [-0.2, 0) is 4.74 Å². The predicted octanol–water partition coefficient (Wildman–Crippen LogP) is 2.89. The van der Waals surface area contributed by atoms with Gasteiger partial charge in [0, 0.05) is 23.1 Å². The van der Waals surface area contributed by atoms with Gasteiger partial charge in [0.05, 0.1) is 12.7 Å². The molecule has 98 valence electrons. The number of thioether (sulfide) groups is 1. The second-order valence-electron chi connectivity index (χ2n) is 5.39. The van der Waals surface area contributed by atoms with Crippen LogP contribution < -0.4 is 5.32 Å². The van der Waals surface area contributed by atoms with Crippen LogP contribution in [0.1, 0.15) is 24.8 Å². The van der Waals surface area contributed by atoms with Gasteiger partial charge in [-0.3, -0.25) is 0 Å². The number of hydrogen-bond donors (Lipinski definition) is 1. The molecule has 3 unspecified atom stereocenters. The molecule has 1 saturated heterocycles. The summed E-state index contributed by atoms with van der Waals surface area (Å²) in [6, 6.07) is 8.75. The molecule has 0 radical (unpaired) electrons. The maximum absolute atomic E-state index is 6.16. The molecular formula is C15H21NOS. The molecule has 0 saturated carbocycles. The lowest BCUT2D eigenvalue weighted by atomic mass is 9.97. The molecule has 2 aliphatic heterocycles. The van der Waals surface area contributed by atoms with Gasteiger partial charge in [0.2, 0.25) is 0 Å². The molecule has 3 rings (SSSR count). The first-order valence-corrected chi connectivity index (χ1v) is 7.87. The molecule has 2 nitrogen and oxygen atoms in total. The molecule has 1 aromatic carbocycles. The molecule has 0 aliphatic carbocycles. The Morgan fingerprint density at radius 2 is 2.28 bits per heavy atom. The number of hydrogen-bond acceptors (Lipinski definition) is 3. The van der Waals surface area contributed by atoms with Gasteiger partial charge in [-0.1, -0.05) is 25.1 Å². The topological polar surface area (TPSA) is 21.3 Å². The summed E-state index contributed by atoms with van der Waals surface area (Å²) in [5, 5.41) is 3.43. The number of ether oxygens (including phenoxy) is 1. The van der Waals surface area contributed by atoms with Crippen molar-refractivity contribution in [3.05, 3.63) is 29.8 Å². The Hall–Kier alpha value is -0.510. The third kappa shape index (κ3) is 2.58. The summed E-state index contributed by atoms with van der Waals surface area (Å²) in [5.74, 6) is 2.45. The number of fused-ring (bicyclic) bond motifs is 1. The normalized spacial score (nSPS) is 31.3. The highest BCUT2D eigenvalue weighted by Crippen LogP contribution is 2.39. The van der Waals surface area contributed by atoms with Crippen LogP contribution in [0.25, 0.3) is 0 Å². The average molecular weight is 263 g/mol. The Kier molecular flexibility index (Phi) is 3.92. The van der Waals surface area contributed by atoms with Crippen molar-refractivity contribution >= 4 is 11.8 Å². The molecule has 1 fully saturated rings. The van der Waals surface area contributed by atoms with Crippen LogP contribution in [0.4, 0.5) is 0 Å². The fraction of sp³-hybridized carbons (Fsp3) is 0.600. The maximum atomic E-state index is 6.16.